The summed E-state index contributed by atoms with van der Waals surface area (Å²) in [5.74, 6) is 3.30. The van der Waals surface area contributed by atoms with Gasteiger partial charge in [0.25, 0.3) is 0 Å². The van der Waals surface area contributed by atoms with Crippen molar-refractivity contribution in [1.82, 2.24) is 9.97 Å². The molecule has 2 saturated heterocycles. The van der Waals surface area contributed by atoms with E-state index in [1.165, 1.54) is 0 Å². The Morgan fingerprint density at radius 1 is 1.18 bits per heavy atom. The minimum atomic E-state index is -0.867. The Labute approximate surface area is 193 Å². The van der Waals surface area contributed by atoms with E-state index in [1.54, 1.807) is 0 Å². The molecule has 4 aliphatic rings. The fourth-order valence-electron chi connectivity index (χ4n) is 5.86. The van der Waals surface area contributed by atoms with Crippen LogP contribution in [0, 0.1) is 0 Å². The highest BCUT2D eigenvalue weighted by molar-refractivity contribution is 5.64. The Morgan fingerprint density at radius 2 is 2.03 bits per heavy atom. The van der Waals surface area contributed by atoms with Crippen LogP contribution in [0.15, 0.2) is 18.3 Å². The number of hydrogen-bond acceptors (Lipinski definition) is 7. The van der Waals surface area contributed by atoms with Gasteiger partial charge in [-0.2, -0.15) is 0 Å². The smallest absolute Gasteiger partial charge is 0.172 e. The molecule has 2 unspecified atom stereocenters. The molecule has 0 radical (unpaired) electrons. The summed E-state index contributed by atoms with van der Waals surface area (Å²) in [6.07, 6.45) is 2.05. The van der Waals surface area contributed by atoms with Crippen molar-refractivity contribution in [2.24, 2.45) is 0 Å². The van der Waals surface area contributed by atoms with Crippen molar-refractivity contribution < 1.29 is 19.0 Å². The summed E-state index contributed by atoms with van der Waals surface area (Å²) >= 11 is 0. The van der Waals surface area contributed by atoms with Gasteiger partial charge in [-0.05, 0) is 36.5 Å². The van der Waals surface area contributed by atoms with Crippen molar-refractivity contribution in [3.05, 3.63) is 35.2 Å². The number of anilines is 2. The Balaban J connectivity index is 1.48. The molecule has 176 valence electrons. The first-order valence-corrected chi connectivity index (χ1v) is 12.1. The molecular weight excluding hydrogens is 423 g/mol. The van der Waals surface area contributed by atoms with Crippen LogP contribution in [-0.4, -0.2) is 59.1 Å². The van der Waals surface area contributed by atoms with E-state index < -0.39 is 12.3 Å². The van der Waals surface area contributed by atoms with Crippen LogP contribution >= 0.6 is 0 Å². The monoisotopic (exact) mass is 454 g/mol. The van der Waals surface area contributed by atoms with Crippen LogP contribution in [0.1, 0.15) is 62.5 Å². The third-order valence-electron chi connectivity index (χ3n) is 7.51. The number of ether oxygens (including phenoxy) is 2. The zero-order valence-electron chi connectivity index (χ0n) is 19.4. The Kier molecular flexibility index (Phi) is 4.90. The van der Waals surface area contributed by atoms with Gasteiger partial charge >= 0.3 is 0 Å². The van der Waals surface area contributed by atoms with Gasteiger partial charge in [0.05, 0.1) is 30.4 Å². The molecule has 5 atom stereocenters. The fourth-order valence-corrected chi connectivity index (χ4v) is 5.86. The van der Waals surface area contributed by atoms with E-state index in [0.717, 1.165) is 46.4 Å². The molecule has 2 aromatic rings. The number of alkyl halides is 1. The lowest BCUT2D eigenvalue weighted by atomic mass is 9.96. The van der Waals surface area contributed by atoms with Gasteiger partial charge in [0.2, 0.25) is 0 Å². The molecular formula is C25H31FN4O3. The number of halogens is 1. The topological polar surface area (TPSA) is 71.0 Å². The third kappa shape index (κ3) is 3.25. The first-order chi connectivity index (χ1) is 15.9. The Bertz CT molecular complexity index is 1080. The summed E-state index contributed by atoms with van der Waals surface area (Å²) in [4.78, 5) is 13.9. The Hall–Kier alpha value is -2.61. The fraction of sp³-hybridized carbons (Fsp3) is 0.600. The molecule has 33 heavy (non-hydrogen) atoms. The normalized spacial score (nSPS) is 29.8. The minimum absolute atomic E-state index is 0.0176. The summed E-state index contributed by atoms with van der Waals surface area (Å²) in [5, 5.41) is 10.5. The molecule has 0 bridgehead atoms. The summed E-state index contributed by atoms with van der Waals surface area (Å²) in [7, 11) is 0. The number of nitrogens with zero attached hydrogens (tertiary/aromatic N) is 4. The molecule has 2 aromatic heterocycles. The highest BCUT2D eigenvalue weighted by Gasteiger charge is 2.46. The zero-order chi connectivity index (χ0) is 22.9. The highest BCUT2D eigenvalue weighted by Crippen LogP contribution is 2.48. The SMILES string of the molecule is CCc1ccnc2c1OC(c1cc(C(C)C)c3c(n1)N1C[C@H](F)CC1CO3)[C@@H]1C[C@H](O)CN21. The average Bonchev–Trinajstić information content (AvgIpc) is 3.38. The Morgan fingerprint density at radius 3 is 2.82 bits per heavy atom. The van der Waals surface area contributed by atoms with E-state index in [9.17, 15) is 9.50 Å². The van der Waals surface area contributed by atoms with Gasteiger partial charge in [-0.3, -0.25) is 0 Å². The van der Waals surface area contributed by atoms with Crippen LogP contribution in [0.5, 0.6) is 11.5 Å². The second-order valence-electron chi connectivity index (χ2n) is 10.0. The molecule has 1 N–H and O–H groups in total. The maximum atomic E-state index is 14.3. The molecule has 6 heterocycles. The van der Waals surface area contributed by atoms with Crippen LogP contribution in [-0.2, 0) is 6.42 Å². The van der Waals surface area contributed by atoms with Crippen molar-refractivity contribution in [1.29, 1.82) is 0 Å². The first kappa shape index (κ1) is 21.0. The quantitative estimate of drug-likeness (QED) is 0.761. The van der Waals surface area contributed by atoms with E-state index in [0.29, 0.717) is 32.5 Å². The number of rotatable bonds is 3. The summed E-state index contributed by atoms with van der Waals surface area (Å²) in [6, 6.07) is 4.04. The van der Waals surface area contributed by atoms with Crippen LogP contribution in [0.3, 0.4) is 0 Å². The maximum absolute atomic E-state index is 14.3. The molecule has 0 saturated carbocycles. The van der Waals surface area contributed by atoms with Crippen molar-refractivity contribution in [2.75, 3.05) is 29.5 Å². The molecule has 0 spiro atoms. The van der Waals surface area contributed by atoms with Crippen molar-refractivity contribution >= 4 is 11.6 Å². The number of aliphatic hydroxyl groups excluding tert-OH is 1. The number of aliphatic hydroxyl groups is 1. The highest BCUT2D eigenvalue weighted by atomic mass is 19.1. The van der Waals surface area contributed by atoms with E-state index >= 15 is 0 Å². The predicted octanol–water partition coefficient (Wildman–Crippen LogP) is 3.54. The van der Waals surface area contributed by atoms with Crippen molar-refractivity contribution in [3.8, 4) is 11.5 Å². The van der Waals surface area contributed by atoms with Crippen molar-refractivity contribution in [3.63, 3.8) is 0 Å². The molecule has 8 heteroatoms. The molecule has 2 fully saturated rings. The van der Waals surface area contributed by atoms with Gasteiger partial charge in [0, 0.05) is 24.7 Å². The third-order valence-corrected chi connectivity index (χ3v) is 7.51. The first-order valence-electron chi connectivity index (χ1n) is 12.1. The van der Waals surface area contributed by atoms with Gasteiger partial charge < -0.3 is 24.4 Å². The van der Waals surface area contributed by atoms with E-state index in [-0.39, 0.29) is 24.1 Å². The van der Waals surface area contributed by atoms with E-state index in [2.05, 4.69) is 41.6 Å². The lowest BCUT2D eigenvalue weighted by Gasteiger charge is -2.40. The number of aromatic nitrogens is 2. The second kappa shape index (κ2) is 7.72. The summed E-state index contributed by atoms with van der Waals surface area (Å²) in [5.41, 5.74) is 2.97. The molecule has 6 rings (SSSR count). The predicted molar refractivity (Wildman–Crippen MR) is 123 cm³/mol. The molecule has 0 aliphatic carbocycles. The average molecular weight is 455 g/mol. The van der Waals surface area contributed by atoms with Crippen molar-refractivity contribution in [2.45, 2.75) is 76.4 Å². The maximum Gasteiger partial charge on any atom is 0.172 e. The minimum Gasteiger partial charge on any atom is -0.487 e. The van der Waals surface area contributed by atoms with Crippen LogP contribution in [0.25, 0.3) is 0 Å². The van der Waals surface area contributed by atoms with Crippen LogP contribution in [0.2, 0.25) is 0 Å². The number of pyridine rings is 2. The van der Waals surface area contributed by atoms with Gasteiger partial charge in [-0.25, -0.2) is 14.4 Å². The van der Waals surface area contributed by atoms with Crippen LogP contribution < -0.4 is 19.3 Å². The van der Waals surface area contributed by atoms with E-state index in [1.807, 2.05) is 12.3 Å². The summed E-state index contributed by atoms with van der Waals surface area (Å²) in [6.45, 7) is 7.75. The summed E-state index contributed by atoms with van der Waals surface area (Å²) < 4.78 is 27.1. The molecule has 4 aliphatic heterocycles. The lowest BCUT2D eigenvalue weighted by Crippen LogP contribution is -2.43. The molecule has 7 nitrogen and oxygen atoms in total. The largest absolute Gasteiger partial charge is 0.487 e. The van der Waals surface area contributed by atoms with Gasteiger partial charge in [-0.1, -0.05) is 20.8 Å². The van der Waals surface area contributed by atoms with Gasteiger partial charge in [0.15, 0.2) is 29.2 Å². The number of fused-ring (bicyclic) bond motifs is 6. The number of hydrogen-bond donors (Lipinski definition) is 1. The lowest BCUT2D eigenvalue weighted by molar-refractivity contribution is 0.138. The molecule has 0 aromatic carbocycles. The standard InChI is InChI=1S/C25H31FN4O3/c1-4-14-5-6-27-24-21(14)33-23(20-8-17(31)11-30(20)24)19-9-18(13(2)3)22-25(28-19)29-10-15(26)7-16(29)12-32-22/h5-6,9,13,15-17,20,23,31H,4,7-8,10-12H2,1-3H3/t15-,16?,17+,20+,23?/m1/s1. The zero-order valence-corrected chi connectivity index (χ0v) is 19.4. The van der Waals surface area contributed by atoms with Gasteiger partial charge in [0.1, 0.15) is 12.8 Å². The number of aryl methyl sites for hydroxylation is 1. The molecule has 0 amide bonds. The van der Waals surface area contributed by atoms with E-state index in [4.69, 9.17) is 14.5 Å². The van der Waals surface area contributed by atoms with Gasteiger partial charge in [-0.15, -0.1) is 0 Å². The van der Waals surface area contributed by atoms with Crippen LogP contribution in [0.4, 0.5) is 16.0 Å². The second-order valence-corrected chi connectivity index (χ2v) is 10.0.